The van der Waals surface area contributed by atoms with E-state index in [4.69, 9.17) is 4.42 Å². The Bertz CT molecular complexity index is 701. The van der Waals surface area contributed by atoms with Crippen LogP contribution in [0.4, 0.5) is 0 Å². The van der Waals surface area contributed by atoms with Crippen LogP contribution < -0.4 is 10.6 Å². The topological polar surface area (TPSA) is 112 Å². The van der Waals surface area contributed by atoms with Crippen molar-refractivity contribution < 1.29 is 22.7 Å². The molecule has 0 fully saturated rings. The van der Waals surface area contributed by atoms with Crippen LogP contribution in [-0.2, 0) is 21.2 Å². The molecule has 1 amide bonds. The van der Waals surface area contributed by atoms with Gasteiger partial charge in [0.1, 0.15) is 5.76 Å². The Balaban J connectivity index is 2.67. The Morgan fingerprint density at radius 2 is 1.90 bits per heavy atom. The molecular formula is C22H41N3O5S. The summed E-state index contributed by atoms with van der Waals surface area (Å²) in [6, 6.07) is 2.97. The maximum absolute atomic E-state index is 12.6. The standard InChI is InChI=1S/C22H41N3O5S/c1-5-12-25(13-6-2)31(28,29)15-10-22(27)24-20(16-19-8-7-14-30-19)21(26)17-23-11-9-18(3)4/h7-8,14,18,20-21,23,26H,5-6,9-13,15-17H2,1-4H3,(H,24,27)/t20-,21-/m0/s1. The summed E-state index contributed by atoms with van der Waals surface area (Å²) in [7, 11) is -3.49. The zero-order valence-electron chi connectivity index (χ0n) is 19.5. The number of sulfonamides is 1. The zero-order valence-corrected chi connectivity index (χ0v) is 20.3. The molecule has 0 saturated carbocycles. The average Bonchev–Trinajstić information content (AvgIpc) is 3.22. The van der Waals surface area contributed by atoms with Gasteiger partial charge in [0, 0.05) is 32.5 Å². The van der Waals surface area contributed by atoms with Crippen molar-refractivity contribution in [2.45, 2.75) is 71.9 Å². The first-order valence-corrected chi connectivity index (χ1v) is 13.0. The van der Waals surface area contributed by atoms with E-state index in [1.165, 1.54) is 4.31 Å². The van der Waals surface area contributed by atoms with E-state index in [1.54, 1.807) is 18.4 Å². The third-order valence-corrected chi connectivity index (χ3v) is 6.86. The molecule has 2 atom stereocenters. The van der Waals surface area contributed by atoms with Crippen LogP contribution in [0, 0.1) is 5.92 Å². The van der Waals surface area contributed by atoms with Crippen LogP contribution >= 0.6 is 0 Å². The second kappa shape index (κ2) is 14.6. The Labute approximate surface area is 187 Å². The van der Waals surface area contributed by atoms with Gasteiger partial charge in [-0.25, -0.2) is 12.7 Å². The number of nitrogens with zero attached hydrogens (tertiary/aromatic N) is 1. The Kier molecular flexibility index (Phi) is 13.0. The van der Waals surface area contributed by atoms with Gasteiger partial charge in [-0.2, -0.15) is 0 Å². The van der Waals surface area contributed by atoms with Crippen molar-refractivity contribution in [3.05, 3.63) is 24.2 Å². The minimum atomic E-state index is -3.49. The van der Waals surface area contributed by atoms with E-state index in [-0.39, 0.29) is 12.2 Å². The Morgan fingerprint density at radius 1 is 1.23 bits per heavy atom. The lowest BCUT2D eigenvalue weighted by Crippen LogP contribution is -2.49. The van der Waals surface area contributed by atoms with Gasteiger partial charge in [-0.3, -0.25) is 4.79 Å². The van der Waals surface area contributed by atoms with E-state index in [0.29, 0.717) is 37.7 Å². The molecule has 0 bridgehead atoms. The molecule has 0 saturated heterocycles. The summed E-state index contributed by atoms with van der Waals surface area (Å²) in [5.74, 6) is 0.574. The molecule has 9 heteroatoms. The normalized spacial score (nSPS) is 14.2. The van der Waals surface area contributed by atoms with Crippen LogP contribution in [-0.4, -0.2) is 67.8 Å². The van der Waals surface area contributed by atoms with Crippen molar-refractivity contribution in [3.63, 3.8) is 0 Å². The van der Waals surface area contributed by atoms with Gasteiger partial charge in [-0.15, -0.1) is 0 Å². The summed E-state index contributed by atoms with van der Waals surface area (Å²) in [4.78, 5) is 12.5. The molecule has 1 rings (SSSR count). The highest BCUT2D eigenvalue weighted by Crippen LogP contribution is 2.10. The lowest BCUT2D eigenvalue weighted by Gasteiger charge is -2.25. The molecule has 0 aliphatic rings. The Hall–Kier alpha value is -1.42. The summed E-state index contributed by atoms with van der Waals surface area (Å²) < 4.78 is 32.0. The van der Waals surface area contributed by atoms with Crippen LogP contribution in [0.5, 0.6) is 0 Å². The fourth-order valence-corrected chi connectivity index (χ4v) is 4.85. The maximum Gasteiger partial charge on any atom is 0.221 e. The summed E-state index contributed by atoms with van der Waals surface area (Å²) >= 11 is 0. The smallest absolute Gasteiger partial charge is 0.221 e. The molecule has 1 aromatic rings. The van der Waals surface area contributed by atoms with Crippen LogP contribution in [0.3, 0.4) is 0 Å². The molecule has 0 unspecified atom stereocenters. The summed E-state index contributed by atoms with van der Waals surface area (Å²) in [5, 5.41) is 16.7. The van der Waals surface area contributed by atoms with Crippen LogP contribution in [0.1, 0.15) is 59.1 Å². The molecule has 0 aliphatic heterocycles. The van der Waals surface area contributed by atoms with Gasteiger partial charge < -0.3 is 20.2 Å². The monoisotopic (exact) mass is 459 g/mol. The predicted octanol–water partition coefficient (Wildman–Crippen LogP) is 2.15. The van der Waals surface area contributed by atoms with Gasteiger partial charge in [0.2, 0.25) is 15.9 Å². The van der Waals surface area contributed by atoms with Crippen LogP contribution in [0.2, 0.25) is 0 Å². The maximum atomic E-state index is 12.6. The van der Waals surface area contributed by atoms with Gasteiger partial charge in [0.25, 0.3) is 0 Å². The second-order valence-electron chi connectivity index (χ2n) is 8.38. The molecule has 180 valence electrons. The fraction of sp³-hybridized carbons (Fsp3) is 0.773. The molecule has 31 heavy (non-hydrogen) atoms. The molecule has 3 N–H and O–H groups in total. The number of nitrogens with one attached hydrogen (secondary N) is 2. The highest BCUT2D eigenvalue weighted by atomic mass is 32.2. The van der Waals surface area contributed by atoms with Crippen molar-refractivity contribution in [1.29, 1.82) is 0 Å². The molecule has 8 nitrogen and oxygen atoms in total. The SMILES string of the molecule is CCCN(CCC)S(=O)(=O)CCC(=O)N[C@@H](Cc1ccco1)[C@@H](O)CNCCC(C)C. The minimum absolute atomic E-state index is 0.144. The molecule has 0 spiro atoms. The first-order chi connectivity index (χ1) is 14.7. The van der Waals surface area contributed by atoms with Crippen molar-refractivity contribution >= 4 is 15.9 Å². The van der Waals surface area contributed by atoms with E-state index in [2.05, 4.69) is 24.5 Å². The fourth-order valence-electron chi connectivity index (χ4n) is 3.23. The molecule has 0 aliphatic carbocycles. The molecule has 0 radical (unpaired) electrons. The average molecular weight is 460 g/mol. The van der Waals surface area contributed by atoms with Crippen LogP contribution in [0.25, 0.3) is 0 Å². The number of amides is 1. The molecule has 0 aromatic carbocycles. The highest BCUT2D eigenvalue weighted by Gasteiger charge is 2.25. The van der Waals surface area contributed by atoms with Gasteiger partial charge in [0.05, 0.1) is 24.2 Å². The number of aliphatic hydroxyl groups is 1. The third kappa shape index (κ3) is 11.1. The molecule has 1 heterocycles. The number of aliphatic hydroxyl groups excluding tert-OH is 1. The summed E-state index contributed by atoms with van der Waals surface area (Å²) in [6.07, 6.45) is 3.36. The van der Waals surface area contributed by atoms with E-state index >= 15 is 0 Å². The zero-order chi connectivity index (χ0) is 23.3. The van der Waals surface area contributed by atoms with Crippen molar-refractivity contribution in [3.8, 4) is 0 Å². The number of carbonyl (C=O) groups is 1. The summed E-state index contributed by atoms with van der Waals surface area (Å²) in [5.41, 5.74) is 0. The quantitative estimate of drug-likeness (QED) is 0.308. The van der Waals surface area contributed by atoms with Gasteiger partial charge >= 0.3 is 0 Å². The summed E-state index contributed by atoms with van der Waals surface area (Å²) in [6.45, 7) is 10.2. The van der Waals surface area contributed by atoms with Crippen molar-refractivity contribution in [1.82, 2.24) is 14.9 Å². The molecular weight excluding hydrogens is 418 g/mol. The van der Waals surface area contributed by atoms with E-state index < -0.39 is 28.1 Å². The van der Waals surface area contributed by atoms with Gasteiger partial charge in [-0.1, -0.05) is 27.7 Å². The van der Waals surface area contributed by atoms with E-state index in [1.807, 2.05) is 13.8 Å². The first-order valence-electron chi connectivity index (χ1n) is 11.4. The largest absolute Gasteiger partial charge is 0.469 e. The van der Waals surface area contributed by atoms with Gasteiger partial charge in [0.15, 0.2) is 0 Å². The predicted molar refractivity (Wildman–Crippen MR) is 123 cm³/mol. The van der Waals surface area contributed by atoms with Crippen LogP contribution in [0.15, 0.2) is 22.8 Å². The number of rotatable bonds is 17. The highest BCUT2D eigenvalue weighted by molar-refractivity contribution is 7.89. The minimum Gasteiger partial charge on any atom is -0.469 e. The van der Waals surface area contributed by atoms with Crippen molar-refractivity contribution in [2.24, 2.45) is 5.92 Å². The van der Waals surface area contributed by atoms with E-state index in [9.17, 15) is 18.3 Å². The Morgan fingerprint density at radius 3 is 2.45 bits per heavy atom. The number of hydrogen-bond acceptors (Lipinski definition) is 6. The second-order valence-corrected chi connectivity index (χ2v) is 10.5. The lowest BCUT2D eigenvalue weighted by atomic mass is 10.0. The first kappa shape index (κ1) is 27.6. The number of furan rings is 1. The van der Waals surface area contributed by atoms with E-state index in [0.717, 1.165) is 25.8 Å². The van der Waals surface area contributed by atoms with Gasteiger partial charge in [-0.05, 0) is 43.9 Å². The number of hydrogen-bond donors (Lipinski definition) is 3. The van der Waals surface area contributed by atoms with Crippen molar-refractivity contribution in [2.75, 3.05) is 31.9 Å². The number of carbonyl (C=O) groups excluding carboxylic acids is 1. The lowest BCUT2D eigenvalue weighted by molar-refractivity contribution is -0.122. The third-order valence-electron chi connectivity index (χ3n) is 4.99. The molecule has 1 aromatic heterocycles.